The second-order valence-electron chi connectivity index (χ2n) is 6.30. The van der Waals surface area contributed by atoms with Crippen LogP contribution in [-0.4, -0.2) is 24.6 Å². The van der Waals surface area contributed by atoms with Crippen LogP contribution in [0, 0.1) is 0 Å². The maximum Gasteiger partial charge on any atom is 0.201 e. The minimum absolute atomic E-state index is 0.227. The highest BCUT2D eigenvalue weighted by Gasteiger charge is 2.21. The van der Waals surface area contributed by atoms with Crippen LogP contribution in [0.15, 0.2) is 29.4 Å². The van der Waals surface area contributed by atoms with Crippen LogP contribution >= 0.6 is 21.6 Å². The maximum atomic E-state index is 9.39. The highest BCUT2D eigenvalue weighted by molar-refractivity contribution is 8.77. The SMILES string of the molecule is CCCCCC(C)(C)SSc1nnc(-c2ccc(O)cc2)n1C. The van der Waals surface area contributed by atoms with E-state index < -0.39 is 0 Å². The smallest absolute Gasteiger partial charge is 0.201 e. The molecule has 0 amide bonds. The van der Waals surface area contributed by atoms with Crippen molar-refractivity contribution >= 4 is 21.6 Å². The van der Waals surface area contributed by atoms with Crippen LogP contribution in [0.2, 0.25) is 0 Å². The van der Waals surface area contributed by atoms with Crippen LogP contribution in [-0.2, 0) is 7.05 Å². The molecule has 2 rings (SSSR count). The molecule has 126 valence electrons. The van der Waals surface area contributed by atoms with E-state index in [0.717, 1.165) is 16.5 Å². The van der Waals surface area contributed by atoms with Gasteiger partial charge in [0.05, 0.1) is 0 Å². The lowest BCUT2D eigenvalue weighted by atomic mass is 10.0. The second kappa shape index (κ2) is 8.11. The molecule has 23 heavy (non-hydrogen) atoms. The Morgan fingerprint density at radius 1 is 1.13 bits per heavy atom. The number of aromatic hydroxyl groups is 1. The summed E-state index contributed by atoms with van der Waals surface area (Å²) in [6.45, 7) is 6.81. The van der Waals surface area contributed by atoms with E-state index in [1.165, 1.54) is 25.7 Å². The topological polar surface area (TPSA) is 50.9 Å². The Bertz CT molecular complexity index is 623. The van der Waals surface area contributed by atoms with Crippen molar-refractivity contribution in [2.75, 3.05) is 0 Å². The lowest BCUT2D eigenvalue weighted by molar-refractivity contribution is 0.475. The number of unbranched alkanes of at least 4 members (excludes halogenated alkanes) is 2. The van der Waals surface area contributed by atoms with Crippen molar-refractivity contribution in [2.24, 2.45) is 7.05 Å². The predicted molar refractivity (Wildman–Crippen MR) is 99.8 cm³/mol. The molecule has 1 heterocycles. The van der Waals surface area contributed by atoms with Gasteiger partial charge in [0.1, 0.15) is 5.75 Å². The standard InChI is InChI=1S/C17H25N3OS2/c1-5-6-7-12-17(2,3)23-22-16-19-18-15(20(16)4)13-8-10-14(21)11-9-13/h8-11,21H,5-7,12H2,1-4H3. The summed E-state index contributed by atoms with van der Waals surface area (Å²) in [5, 5.41) is 18.9. The summed E-state index contributed by atoms with van der Waals surface area (Å²) in [6, 6.07) is 7.05. The molecule has 0 fully saturated rings. The summed E-state index contributed by atoms with van der Waals surface area (Å²) >= 11 is 0. The van der Waals surface area contributed by atoms with Crippen molar-refractivity contribution in [3.8, 4) is 17.1 Å². The molecule has 0 aliphatic carbocycles. The molecule has 0 bridgehead atoms. The first-order valence-electron chi connectivity index (χ1n) is 7.97. The van der Waals surface area contributed by atoms with Gasteiger partial charge in [-0.2, -0.15) is 0 Å². The van der Waals surface area contributed by atoms with Crippen LogP contribution in [0.5, 0.6) is 5.75 Å². The molecule has 0 spiro atoms. The van der Waals surface area contributed by atoms with Crippen molar-refractivity contribution in [1.29, 1.82) is 0 Å². The van der Waals surface area contributed by atoms with Gasteiger partial charge in [-0.3, -0.25) is 0 Å². The second-order valence-corrected chi connectivity index (χ2v) is 9.10. The quantitative estimate of drug-likeness (QED) is 0.517. The minimum atomic E-state index is 0.227. The third kappa shape index (κ3) is 5.18. The first kappa shape index (κ1) is 18.2. The third-order valence-corrected chi connectivity index (χ3v) is 6.98. The summed E-state index contributed by atoms with van der Waals surface area (Å²) in [6.07, 6.45) is 5.03. The molecular weight excluding hydrogens is 326 g/mol. The van der Waals surface area contributed by atoms with E-state index in [9.17, 15) is 5.11 Å². The molecule has 1 aromatic carbocycles. The van der Waals surface area contributed by atoms with Gasteiger partial charge in [0.25, 0.3) is 0 Å². The fraction of sp³-hybridized carbons (Fsp3) is 0.529. The summed E-state index contributed by atoms with van der Waals surface area (Å²) in [7, 11) is 5.53. The van der Waals surface area contributed by atoms with Gasteiger partial charge in [-0.15, -0.1) is 10.2 Å². The van der Waals surface area contributed by atoms with E-state index in [0.29, 0.717) is 0 Å². The van der Waals surface area contributed by atoms with Crippen molar-refractivity contribution < 1.29 is 5.11 Å². The van der Waals surface area contributed by atoms with Crippen LogP contribution in [0.25, 0.3) is 11.4 Å². The average molecular weight is 352 g/mol. The van der Waals surface area contributed by atoms with Crippen molar-refractivity contribution in [2.45, 2.75) is 56.4 Å². The summed E-state index contributed by atoms with van der Waals surface area (Å²) in [5.41, 5.74) is 0.955. The van der Waals surface area contributed by atoms with E-state index >= 15 is 0 Å². The zero-order chi connectivity index (χ0) is 16.9. The van der Waals surface area contributed by atoms with Gasteiger partial charge in [-0.1, -0.05) is 37.0 Å². The Hall–Kier alpha value is -1.14. The number of nitrogens with zero attached hydrogens (tertiary/aromatic N) is 3. The van der Waals surface area contributed by atoms with Crippen LogP contribution in [0.4, 0.5) is 0 Å². The molecule has 0 atom stereocenters. The number of phenolic OH excluding ortho intramolecular Hbond substituents is 1. The van der Waals surface area contributed by atoms with Gasteiger partial charge >= 0.3 is 0 Å². The maximum absolute atomic E-state index is 9.39. The van der Waals surface area contributed by atoms with Crippen molar-refractivity contribution in [1.82, 2.24) is 14.8 Å². The van der Waals surface area contributed by atoms with Crippen LogP contribution in [0.3, 0.4) is 0 Å². The third-order valence-electron chi connectivity index (χ3n) is 3.68. The highest BCUT2D eigenvalue weighted by Crippen LogP contribution is 2.43. The summed E-state index contributed by atoms with van der Waals surface area (Å²) < 4.78 is 2.23. The Morgan fingerprint density at radius 2 is 1.83 bits per heavy atom. The van der Waals surface area contributed by atoms with Gasteiger partial charge in [0, 0.05) is 17.4 Å². The normalized spacial score (nSPS) is 11.8. The van der Waals surface area contributed by atoms with Gasteiger partial charge < -0.3 is 9.67 Å². The van der Waals surface area contributed by atoms with Crippen LogP contribution < -0.4 is 0 Å². The van der Waals surface area contributed by atoms with E-state index in [1.54, 1.807) is 22.9 Å². The highest BCUT2D eigenvalue weighted by atomic mass is 33.1. The number of phenols is 1. The molecule has 2 aromatic rings. The Labute approximate surface area is 146 Å². The average Bonchev–Trinajstić information content (AvgIpc) is 2.87. The Kier molecular flexibility index (Phi) is 6.41. The molecule has 0 unspecified atom stereocenters. The zero-order valence-electron chi connectivity index (χ0n) is 14.2. The monoisotopic (exact) mass is 351 g/mol. The first-order chi connectivity index (χ1) is 10.9. The molecule has 4 nitrogen and oxygen atoms in total. The summed E-state index contributed by atoms with van der Waals surface area (Å²) in [4.78, 5) is 0. The van der Waals surface area contributed by atoms with E-state index in [-0.39, 0.29) is 10.5 Å². The first-order valence-corrected chi connectivity index (χ1v) is 10.1. The van der Waals surface area contributed by atoms with Gasteiger partial charge in [-0.25, -0.2) is 0 Å². The molecule has 0 aliphatic rings. The minimum Gasteiger partial charge on any atom is -0.508 e. The zero-order valence-corrected chi connectivity index (χ0v) is 15.9. The van der Waals surface area contributed by atoms with Gasteiger partial charge in [0.2, 0.25) is 5.16 Å². The van der Waals surface area contributed by atoms with Crippen LogP contribution in [0.1, 0.15) is 46.5 Å². The Morgan fingerprint density at radius 3 is 2.48 bits per heavy atom. The lowest BCUT2D eigenvalue weighted by Crippen LogP contribution is -2.12. The van der Waals surface area contributed by atoms with Gasteiger partial charge in [-0.05, 0) is 55.3 Å². The van der Waals surface area contributed by atoms with E-state index in [4.69, 9.17) is 0 Å². The molecule has 1 N–H and O–H groups in total. The largest absolute Gasteiger partial charge is 0.508 e. The molecule has 1 aromatic heterocycles. The molecule has 6 heteroatoms. The van der Waals surface area contributed by atoms with E-state index in [2.05, 4.69) is 31.0 Å². The number of aromatic nitrogens is 3. The molecule has 0 radical (unpaired) electrons. The van der Waals surface area contributed by atoms with Crippen molar-refractivity contribution in [3.63, 3.8) is 0 Å². The summed E-state index contributed by atoms with van der Waals surface area (Å²) in [5.74, 6) is 1.08. The predicted octanol–water partition coefficient (Wildman–Crippen LogP) is 5.29. The molecule has 0 saturated carbocycles. The molecule has 0 aliphatic heterocycles. The Balaban J connectivity index is 2.01. The molecular formula is C17H25N3OS2. The number of benzene rings is 1. The number of rotatable bonds is 8. The van der Waals surface area contributed by atoms with E-state index in [1.807, 2.05) is 34.5 Å². The fourth-order valence-corrected chi connectivity index (χ4v) is 4.63. The van der Waals surface area contributed by atoms with Crippen molar-refractivity contribution in [3.05, 3.63) is 24.3 Å². The molecule has 0 saturated heterocycles. The fourth-order valence-electron chi connectivity index (χ4n) is 2.24. The lowest BCUT2D eigenvalue weighted by Gasteiger charge is -2.22. The van der Waals surface area contributed by atoms with Gasteiger partial charge in [0.15, 0.2) is 5.82 Å². The number of hydrogen-bond acceptors (Lipinski definition) is 5. The number of hydrogen-bond donors (Lipinski definition) is 1.